The predicted molar refractivity (Wildman–Crippen MR) is 91.4 cm³/mol. The molecular formula is C15H14N6O3S. The summed E-state index contributed by atoms with van der Waals surface area (Å²) < 4.78 is 1.34. The molecule has 0 atom stereocenters. The second-order valence-corrected chi connectivity index (χ2v) is 6.27. The van der Waals surface area contributed by atoms with Crippen LogP contribution in [0.1, 0.15) is 16.3 Å². The number of carbonyl (C=O) groups excluding carboxylic acids is 1. The SMILES string of the molecule is Cc1ccc(NC(=O)Cc2nc(Cn3cnc([N+](=O)[O-])n3)cs2)cc1. The zero-order valence-corrected chi connectivity index (χ0v) is 14.1. The highest BCUT2D eigenvalue weighted by molar-refractivity contribution is 7.09. The number of nitro groups is 1. The molecule has 0 bridgehead atoms. The summed E-state index contributed by atoms with van der Waals surface area (Å²) in [6.07, 6.45) is 1.44. The first-order valence-corrected chi connectivity index (χ1v) is 8.21. The Morgan fingerprint density at radius 2 is 2.12 bits per heavy atom. The molecule has 128 valence electrons. The Morgan fingerprint density at radius 1 is 1.36 bits per heavy atom. The summed E-state index contributed by atoms with van der Waals surface area (Å²) in [4.78, 5) is 29.9. The molecule has 2 aromatic heterocycles. The van der Waals surface area contributed by atoms with Gasteiger partial charge in [0.2, 0.25) is 12.2 Å². The molecule has 0 aliphatic rings. The summed E-state index contributed by atoms with van der Waals surface area (Å²) in [6.45, 7) is 2.24. The predicted octanol–water partition coefficient (Wildman–Crippen LogP) is 2.18. The number of hydrogen-bond donors (Lipinski definition) is 1. The number of aryl methyl sites for hydroxylation is 1. The standard InChI is InChI=1S/C15H14N6O3S/c1-10-2-4-11(5-3-10)17-13(22)6-14-18-12(8-25-14)7-20-9-16-15(19-20)21(23)24/h2-5,8-9H,6-7H2,1H3,(H,17,22). The molecule has 9 nitrogen and oxygen atoms in total. The van der Waals surface area contributed by atoms with E-state index in [1.165, 1.54) is 22.3 Å². The van der Waals surface area contributed by atoms with Crippen molar-refractivity contribution in [2.75, 3.05) is 5.32 Å². The van der Waals surface area contributed by atoms with Crippen LogP contribution in [0.4, 0.5) is 11.6 Å². The summed E-state index contributed by atoms with van der Waals surface area (Å²) in [6, 6.07) is 7.54. The number of nitrogens with one attached hydrogen (secondary N) is 1. The van der Waals surface area contributed by atoms with Crippen molar-refractivity contribution in [2.45, 2.75) is 19.9 Å². The van der Waals surface area contributed by atoms with Crippen LogP contribution in [-0.2, 0) is 17.8 Å². The van der Waals surface area contributed by atoms with E-state index in [1.807, 2.05) is 31.2 Å². The highest BCUT2D eigenvalue weighted by Crippen LogP contribution is 2.14. The number of nitrogens with zero attached hydrogens (tertiary/aromatic N) is 5. The van der Waals surface area contributed by atoms with Gasteiger partial charge in [0.05, 0.1) is 12.1 Å². The summed E-state index contributed by atoms with van der Waals surface area (Å²) in [5, 5.41) is 19.6. The third-order valence-electron chi connectivity index (χ3n) is 3.26. The highest BCUT2D eigenvalue weighted by Gasteiger charge is 2.15. The number of aromatic nitrogens is 4. The molecule has 0 unspecified atom stereocenters. The summed E-state index contributed by atoms with van der Waals surface area (Å²) in [5.74, 6) is -0.603. The van der Waals surface area contributed by atoms with Crippen LogP contribution in [0.25, 0.3) is 0 Å². The van der Waals surface area contributed by atoms with Gasteiger partial charge < -0.3 is 15.4 Å². The van der Waals surface area contributed by atoms with Gasteiger partial charge in [-0.1, -0.05) is 22.7 Å². The number of rotatable bonds is 6. The first-order valence-electron chi connectivity index (χ1n) is 7.33. The van der Waals surface area contributed by atoms with E-state index in [0.717, 1.165) is 11.3 Å². The van der Waals surface area contributed by atoms with Crippen molar-refractivity contribution < 1.29 is 9.72 Å². The van der Waals surface area contributed by atoms with Crippen LogP contribution in [0.5, 0.6) is 0 Å². The fourth-order valence-corrected chi connectivity index (χ4v) is 2.88. The smallest absolute Gasteiger partial charge is 0.390 e. The third-order valence-corrected chi connectivity index (χ3v) is 4.16. The zero-order valence-electron chi connectivity index (χ0n) is 13.2. The van der Waals surface area contributed by atoms with Crippen molar-refractivity contribution in [3.8, 4) is 0 Å². The molecule has 25 heavy (non-hydrogen) atoms. The molecule has 3 rings (SSSR count). The summed E-state index contributed by atoms with van der Waals surface area (Å²) in [7, 11) is 0. The average Bonchev–Trinajstić information content (AvgIpc) is 3.20. The van der Waals surface area contributed by atoms with Gasteiger partial charge in [-0.3, -0.25) is 4.79 Å². The molecule has 0 spiro atoms. The second-order valence-electron chi connectivity index (χ2n) is 5.32. The Balaban J connectivity index is 1.58. The minimum Gasteiger partial charge on any atom is -0.390 e. The molecule has 0 radical (unpaired) electrons. The van der Waals surface area contributed by atoms with Gasteiger partial charge in [-0.15, -0.1) is 11.3 Å². The molecule has 0 fully saturated rings. The Kier molecular flexibility index (Phi) is 4.80. The summed E-state index contributed by atoms with van der Waals surface area (Å²) >= 11 is 1.36. The molecule has 0 saturated heterocycles. The lowest BCUT2D eigenvalue weighted by atomic mass is 10.2. The molecule has 3 aromatic rings. The van der Waals surface area contributed by atoms with E-state index in [4.69, 9.17) is 0 Å². The van der Waals surface area contributed by atoms with E-state index in [-0.39, 0.29) is 18.9 Å². The van der Waals surface area contributed by atoms with Crippen LogP contribution >= 0.6 is 11.3 Å². The van der Waals surface area contributed by atoms with Crippen molar-refractivity contribution in [3.05, 3.63) is 62.4 Å². The minimum atomic E-state index is -0.654. The zero-order chi connectivity index (χ0) is 17.8. The maximum atomic E-state index is 12.1. The van der Waals surface area contributed by atoms with Crippen molar-refractivity contribution in [2.24, 2.45) is 0 Å². The number of carbonyl (C=O) groups is 1. The number of thiazole rings is 1. The van der Waals surface area contributed by atoms with Gasteiger partial charge in [0.15, 0.2) is 0 Å². The maximum Gasteiger partial charge on any atom is 0.490 e. The Hall–Kier alpha value is -3.14. The van der Waals surface area contributed by atoms with Crippen LogP contribution < -0.4 is 5.32 Å². The Bertz CT molecular complexity index is 902. The summed E-state index contributed by atoms with van der Waals surface area (Å²) in [5.41, 5.74) is 2.53. The Morgan fingerprint density at radius 3 is 2.80 bits per heavy atom. The lowest BCUT2D eigenvalue weighted by Gasteiger charge is -2.04. The van der Waals surface area contributed by atoms with E-state index in [2.05, 4.69) is 20.4 Å². The van der Waals surface area contributed by atoms with E-state index in [9.17, 15) is 14.9 Å². The number of benzene rings is 1. The first-order chi connectivity index (χ1) is 12.0. The van der Waals surface area contributed by atoms with Gasteiger partial charge in [0.25, 0.3) is 0 Å². The lowest BCUT2D eigenvalue weighted by molar-refractivity contribution is -0.394. The minimum absolute atomic E-state index is 0.152. The highest BCUT2D eigenvalue weighted by atomic mass is 32.1. The molecule has 0 aliphatic carbocycles. The van der Waals surface area contributed by atoms with Gasteiger partial charge in [-0.25, -0.2) is 4.98 Å². The normalized spacial score (nSPS) is 10.6. The molecule has 1 aromatic carbocycles. The fraction of sp³-hybridized carbons (Fsp3) is 0.200. The van der Waals surface area contributed by atoms with Crippen molar-refractivity contribution >= 4 is 28.9 Å². The van der Waals surface area contributed by atoms with E-state index >= 15 is 0 Å². The van der Waals surface area contributed by atoms with Gasteiger partial charge in [-0.05, 0) is 24.0 Å². The van der Waals surface area contributed by atoms with Gasteiger partial charge in [-0.2, -0.15) is 4.68 Å². The Labute approximate surface area is 146 Å². The largest absolute Gasteiger partial charge is 0.490 e. The van der Waals surface area contributed by atoms with Crippen LogP contribution in [0.2, 0.25) is 0 Å². The maximum absolute atomic E-state index is 12.1. The third kappa shape index (κ3) is 4.44. The van der Waals surface area contributed by atoms with Gasteiger partial charge >= 0.3 is 5.95 Å². The first kappa shape index (κ1) is 16.7. The van der Waals surface area contributed by atoms with E-state index in [1.54, 1.807) is 5.38 Å². The van der Waals surface area contributed by atoms with Crippen LogP contribution in [0.3, 0.4) is 0 Å². The van der Waals surface area contributed by atoms with Crippen molar-refractivity contribution in [1.29, 1.82) is 0 Å². The monoisotopic (exact) mass is 358 g/mol. The average molecular weight is 358 g/mol. The molecule has 1 N–H and O–H groups in total. The molecule has 2 heterocycles. The number of amides is 1. The van der Waals surface area contributed by atoms with Crippen LogP contribution in [0.15, 0.2) is 36.0 Å². The van der Waals surface area contributed by atoms with Crippen LogP contribution in [-0.4, -0.2) is 30.6 Å². The quantitative estimate of drug-likeness (QED) is 0.533. The van der Waals surface area contributed by atoms with Gasteiger partial charge in [0.1, 0.15) is 11.6 Å². The molecule has 1 amide bonds. The number of hydrogen-bond acceptors (Lipinski definition) is 7. The lowest BCUT2D eigenvalue weighted by Crippen LogP contribution is -2.14. The number of anilines is 1. The molecule has 0 aliphatic heterocycles. The van der Waals surface area contributed by atoms with E-state index in [0.29, 0.717) is 10.7 Å². The molecule has 10 heteroatoms. The van der Waals surface area contributed by atoms with Crippen LogP contribution in [0, 0.1) is 17.0 Å². The van der Waals surface area contributed by atoms with Crippen molar-refractivity contribution in [1.82, 2.24) is 19.7 Å². The molecule has 0 saturated carbocycles. The fourth-order valence-electron chi connectivity index (χ4n) is 2.09. The van der Waals surface area contributed by atoms with Gasteiger partial charge in [0, 0.05) is 16.2 Å². The van der Waals surface area contributed by atoms with E-state index < -0.39 is 10.9 Å². The second kappa shape index (κ2) is 7.18. The topological polar surface area (TPSA) is 116 Å². The van der Waals surface area contributed by atoms with Crippen molar-refractivity contribution in [3.63, 3.8) is 0 Å². The molecular weight excluding hydrogens is 344 g/mol.